The van der Waals surface area contributed by atoms with E-state index in [1.54, 1.807) is 13.8 Å². The Morgan fingerprint density at radius 3 is 2.53 bits per heavy atom. The van der Waals surface area contributed by atoms with Gasteiger partial charge in [-0.1, -0.05) is 18.5 Å². The number of ether oxygens (including phenoxy) is 2. The fraction of sp³-hybridized carbons (Fsp3) is 0.385. The van der Waals surface area contributed by atoms with Crippen LogP contribution < -0.4 is 4.74 Å². The van der Waals surface area contributed by atoms with Crippen molar-refractivity contribution in [2.24, 2.45) is 0 Å². The number of carbonyl (C=O) groups excluding carboxylic acids is 1. The Bertz CT molecular complexity index is 472. The van der Waals surface area contributed by atoms with Gasteiger partial charge in [-0.2, -0.15) is 0 Å². The fourth-order valence-electron chi connectivity index (χ4n) is 1.42. The third-order valence-electron chi connectivity index (χ3n) is 2.37. The highest BCUT2D eigenvalue weighted by atomic mass is 35.5. The van der Waals surface area contributed by atoms with Gasteiger partial charge in [-0.3, -0.25) is 0 Å². The van der Waals surface area contributed by atoms with Crippen LogP contribution in [0, 0.1) is 0 Å². The molecular formula is C13H15ClO5. The zero-order valence-corrected chi connectivity index (χ0v) is 11.4. The Morgan fingerprint density at radius 2 is 2.05 bits per heavy atom. The molecule has 0 saturated heterocycles. The van der Waals surface area contributed by atoms with Gasteiger partial charge in [0, 0.05) is 0 Å². The quantitative estimate of drug-likeness (QED) is 0.814. The molecule has 0 fully saturated rings. The summed E-state index contributed by atoms with van der Waals surface area (Å²) in [7, 11) is 0. The maximum Gasteiger partial charge on any atom is 0.347 e. The number of halogens is 1. The van der Waals surface area contributed by atoms with Crippen LogP contribution in [-0.4, -0.2) is 29.8 Å². The normalized spacial score (nSPS) is 11.7. The predicted octanol–water partition coefficient (Wildman–Crippen LogP) is 2.76. The van der Waals surface area contributed by atoms with Gasteiger partial charge in [0.05, 0.1) is 17.2 Å². The molecule has 0 aromatic heterocycles. The van der Waals surface area contributed by atoms with E-state index in [1.807, 2.05) is 0 Å². The lowest BCUT2D eigenvalue weighted by Gasteiger charge is -2.17. The van der Waals surface area contributed by atoms with Gasteiger partial charge in [-0.05, 0) is 31.5 Å². The molecule has 0 aliphatic rings. The lowest BCUT2D eigenvalue weighted by Crippen LogP contribution is -2.28. The summed E-state index contributed by atoms with van der Waals surface area (Å²) in [5, 5.41) is 8.95. The van der Waals surface area contributed by atoms with Gasteiger partial charge in [0.25, 0.3) is 0 Å². The standard InChI is InChI=1S/C13H15ClO5/c1-3-10(13(17)18-4-2)19-11-6-5-8(12(15)16)7-9(11)14/h5-7,10H,3-4H2,1-2H3,(H,15,16). The van der Waals surface area contributed by atoms with Gasteiger partial charge >= 0.3 is 11.9 Å². The molecule has 0 radical (unpaired) electrons. The third-order valence-corrected chi connectivity index (χ3v) is 2.66. The first-order valence-corrected chi connectivity index (χ1v) is 6.23. The highest BCUT2D eigenvalue weighted by Crippen LogP contribution is 2.27. The summed E-state index contributed by atoms with van der Waals surface area (Å²) in [4.78, 5) is 22.3. The summed E-state index contributed by atoms with van der Waals surface area (Å²) in [6.07, 6.45) is -0.330. The molecule has 1 unspecified atom stereocenters. The summed E-state index contributed by atoms with van der Waals surface area (Å²) in [6.45, 7) is 3.75. The number of hydrogen-bond donors (Lipinski definition) is 1. The molecule has 0 saturated carbocycles. The summed E-state index contributed by atoms with van der Waals surface area (Å²) < 4.78 is 10.3. The number of benzene rings is 1. The van der Waals surface area contributed by atoms with Crippen LogP contribution in [0.25, 0.3) is 0 Å². The Balaban J connectivity index is 2.86. The van der Waals surface area contributed by atoms with Crippen molar-refractivity contribution in [1.82, 2.24) is 0 Å². The molecule has 0 heterocycles. The molecule has 1 N–H and O–H groups in total. The minimum Gasteiger partial charge on any atom is -0.478 e. The van der Waals surface area contributed by atoms with E-state index < -0.39 is 18.0 Å². The Hall–Kier alpha value is -1.75. The van der Waals surface area contributed by atoms with Crippen LogP contribution in [-0.2, 0) is 9.53 Å². The van der Waals surface area contributed by atoms with Crippen molar-refractivity contribution in [3.05, 3.63) is 28.8 Å². The van der Waals surface area contributed by atoms with Crippen molar-refractivity contribution < 1.29 is 24.2 Å². The van der Waals surface area contributed by atoms with Crippen LogP contribution in [0.1, 0.15) is 30.6 Å². The first kappa shape index (κ1) is 15.3. The number of carbonyl (C=O) groups is 2. The molecule has 1 aromatic carbocycles. The molecule has 1 rings (SSSR count). The van der Waals surface area contributed by atoms with Crippen molar-refractivity contribution in [1.29, 1.82) is 0 Å². The topological polar surface area (TPSA) is 72.8 Å². The van der Waals surface area contributed by atoms with Gasteiger partial charge < -0.3 is 14.6 Å². The first-order valence-electron chi connectivity index (χ1n) is 5.85. The second kappa shape index (κ2) is 6.99. The van der Waals surface area contributed by atoms with Crippen molar-refractivity contribution in [3.63, 3.8) is 0 Å². The molecule has 104 valence electrons. The largest absolute Gasteiger partial charge is 0.478 e. The molecule has 0 spiro atoms. The maximum absolute atomic E-state index is 11.6. The number of esters is 1. The van der Waals surface area contributed by atoms with E-state index in [-0.39, 0.29) is 22.9 Å². The number of hydrogen-bond acceptors (Lipinski definition) is 4. The molecule has 1 atom stereocenters. The second-order valence-corrected chi connectivity index (χ2v) is 4.12. The molecule has 19 heavy (non-hydrogen) atoms. The molecule has 1 aromatic rings. The minimum absolute atomic E-state index is 0.0570. The van der Waals surface area contributed by atoms with Gasteiger partial charge in [0.2, 0.25) is 0 Å². The van der Waals surface area contributed by atoms with Crippen LogP contribution >= 0.6 is 11.6 Å². The van der Waals surface area contributed by atoms with Crippen molar-refractivity contribution in [2.75, 3.05) is 6.61 Å². The van der Waals surface area contributed by atoms with Crippen LogP contribution in [0.4, 0.5) is 0 Å². The predicted molar refractivity (Wildman–Crippen MR) is 69.8 cm³/mol. The van der Waals surface area contributed by atoms with Crippen LogP contribution in [0.5, 0.6) is 5.75 Å². The summed E-state index contributed by atoms with van der Waals surface area (Å²) in [6, 6.07) is 4.06. The number of carboxylic acids is 1. The van der Waals surface area contributed by atoms with E-state index in [9.17, 15) is 9.59 Å². The van der Waals surface area contributed by atoms with Gasteiger partial charge in [-0.15, -0.1) is 0 Å². The highest BCUT2D eigenvalue weighted by molar-refractivity contribution is 6.32. The van der Waals surface area contributed by atoms with E-state index in [2.05, 4.69) is 0 Å². The summed E-state index contributed by atoms with van der Waals surface area (Å²) in [5.74, 6) is -1.29. The average molecular weight is 287 g/mol. The van der Waals surface area contributed by atoms with Gasteiger partial charge in [-0.25, -0.2) is 9.59 Å². The molecule has 0 aliphatic carbocycles. The first-order chi connectivity index (χ1) is 8.99. The van der Waals surface area contributed by atoms with Crippen LogP contribution in [0.3, 0.4) is 0 Å². The summed E-state index contributed by atoms with van der Waals surface area (Å²) >= 11 is 5.92. The smallest absolute Gasteiger partial charge is 0.347 e. The van der Waals surface area contributed by atoms with E-state index >= 15 is 0 Å². The van der Waals surface area contributed by atoms with Crippen molar-refractivity contribution >= 4 is 23.5 Å². The van der Waals surface area contributed by atoms with Gasteiger partial charge in [0.1, 0.15) is 5.75 Å². The van der Waals surface area contributed by atoms with Crippen molar-refractivity contribution in [3.8, 4) is 5.75 Å². The molecule has 0 amide bonds. The Kier molecular flexibility index (Phi) is 5.63. The number of rotatable bonds is 6. The van der Waals surface area contributed by atoms with Crippen molar-refractivity contribution in [2.45, 2.75) is 26.4 Å². The van der Waals surface area contributed by atoms with E-state index in [1.165, 1.54) is 18.2 Å². The minimum atomic E-state index is -1.08. The van der Waals surface area contributed by atoms with Crippen LogP contribution in [0.15, 0.2) is 18.2 Å². The molecule has 0 bridgehead atoms. The fourth-order valence-corrected chi connectivity index (χ4v) is 1.64. The second-order valence-electron chi connectivity index (χ2n) is 3.72. The molecule has 6 heteroatoms. The third kappa shape index (κ3) is 4.13. The maximum atomic E-state index is 11.6. The van der Waals surface area contributed by atoms with Crippen LogP contribution in [0.2, 0.25) is 5.02 Å². The zero-order valence-electron chi connectivity index (χ0n) is 10.7. The lowest BCUT2D eigenvalue weighted by molar-refractivity contribution is -0.151. The highest BCUT2D eigenvalue weighted by Gasteiger charge is 2.21. The Labute approximate surface area is 116 Å². The molecule has 5 nitrogen and oxygen atoms in total. The average Bonchev–Trinajstić information content (AvgIpc) is 2.37. The number of carboxylic acid groups (broad SMARTS) is 1. The SMILES string of the molecule is CCOC(=O)C(CC)Oc1ccc(C(=O)O)cc1Cl. The summed E-state index contributed by atoms with van der Waals surface area (Å²) in [5.41, 5.74) is 0.0570. The monoisotopic (exact) mass is 286 g/mol. The van der Waals surface area contributed by atoms with E-state index in [0.29, 0.717) is 6.42 Å². The van der Waals surface area contributed by atoms with Gasteiger partial charge in [0.15, 0.2) is 6.10 Å². The Morgan fingerprint density at radius 1 is 1.37 bits per heavy atom. The lowest BCUT2D eigenvalue weighted by atomic mass is 10.2. The van der Waals surface area contributed by atoms with E-state index in [4.69, 9.17) is 26.2 Å². The number of aromatic carboxylic acids is 1. The molecular weight excluding hydrogens is 272 g/mol. The molecule has 0 aliphatic heterocycles. The van der Waals surface area contributed by atoms with E-state index in [0.717, 1.165) is 0 Å². The zero-order chi connectivity index (χ0) is 14.4.